The molecule has 1 N–H and O–H groups in total. The molecule has 0 rings (SSSR count). The molecule has 0 aromatic rings. The summed E-state index contributed by atoms with van der Waals surface area (Å²) in [5.41, 5.74) is -4.84. The van der Waals surface area contributed by atoms with Crippen LogP contribution in [0.1, 0.15) is 0 Å². The maximum Gasteiger partial charge on any atom is 0.426 e. The zero-order valence-electron chi connectivity index (χ0n) is 12.5. The molecule has 1 unspecified atom stereocenters. The van der Waals surface area contributed by atoms with Crippen LogP contribution in [0.25, 0.3) is 0 Å². The van der Waals surface area contributed by atoms with Crippen LogP contribution in [0, 0.1) is 5.92 Å². The van der Waals surface area contributed by atoms with Crippen LogP contribution in [-0.4, -0.2) is 48.2 Å². The predicted molar refractivity (Wildman–Crippen MR) is 63.6 cm³/mol. The summed E-state index contributed by atoms with van der Waals surface area (Å²) in [6.07, 6.45) is -17.4. The van der Waals surface area contributed by atoms with E-state index in [1.54, 1.807) is 0 Å². The molecule has 15 heteroatoms. The first-order valence-electron chi connectivity index (χ1n) is 6.10. The summed E-state index contributed by atoms with van der Waals surface area (Å²) in [4.78, 5) is 32.5. The predicted octanol–water partition coefficient (Wildman–Crippen LogP) is 2.90. The summed E-state index contributed by atoms with van der Waals surface area (Å²) >= 11 is 0. The molecule has 0 amide bonds. The summed E-state index contributed by atoms with van der Waals surface area (Å²) in [6, 6.07) is 0. The SMILES string of the molecule is C=C(C(=O)OC=C(C(=O)OCC(C(=O)O)C(F)(F)F)C(F)(F)F)C(F)(F)F. The molecule has 0 bridgehead atoms. The summed E-state index contributed by atoms with van der Waals surface area (Å²) in [5.74, 6) is -11.0. The van der Waals surface area contributed by atoms with Crippen LogP contribution < -0.4 is 0 Å². The average molecular weight is 418 g/mol. The van der Waals surface area contributed by atoms with E-state index >= 15 is 0 Å². The maximum absolute atomic E-state index is 12.6. The van der Waals surface area contributed by atoms with E-state index in [1.807, 2.05) is 0 Å². The van der Waals surface area contributed by atoms with Gasteiger partial charge in [-0.05, 0) is 0 Å². The Bertz CT molecular complexity index is 641. The van der Waals surface area contributed by atoms with E-state index in [0.29, 0.717) is 0 Å². The van der Waals surface area contributed by atoms with Crippen LogP contribution in [0.15, 0.2) is 24.0 Å². The van der Waals surface area contributed by atoms with Gasteiger partial charge >= 0.3 is 36.4 Å². The van der Waals surface area contributed by atoms with Gasteiger partial charge in [-0.2, -0.15) is 39.5 Å². The molecule has 27 heavy (non-hydrogen) atoms. The number of carbonyl (C=O) groups excluding carboxylic acids is 2. The molecule has 0 aliphatic carbocycles. The van der Waals surface area contributed by atoms with E-state index in [9.17, 15) is 53.9 Å². The van der Waals surface area contributed by atoms with Gasteiger partial charge < -0.3 is 14.6 Å². The molecule has 1 atom stereocenters. The Labute approximate surface area is 142 Å². The van der Waals surface area contributed by atoms with Crippen molar-refractivity contribution in [2.75, 3.05) is 6.61 Å². The number of esters is 2. The van der Waals surface area contributed by atoms with Crippen LogP contribution in [0.5, 0.6) is 0 Å². The standard InChI is InChI=1S/C12H7F9O6/c1-4(10(13,14)15)8(24)26-3-6(12(19,20)21)9(25)27-2-5(7(22)23)11(16,17)18/h3,5H,1-2H2,(H,22,23). The van der Waals surface area contributed by atoms with Gasteiger partial charge in [0.05, 0.1) is 0 Å². The lowest BCUT2D eigenvalue weighted by molar-refractivity contribution is -0.203. The van der Waals surface area contributed by atoms with Gasteiger partial charge in [0.2, 0.25) is 0 Å². The van der Waals surface area contributed by atoms with E-state index in [1.165, 1.54) is 0 Å². The van der Waals surface area contributed by atoms with Crippen molar-refractivity contribution in [1.29, 1.82) is 0 Å². The van der Waals surface area contributed by atoms with E-state index in [4.69, 9.17) is 5.11 Å². The highest BCUT2D eigenvalue weighted by atomic mass is 19.4. The smallest absolute Gasteiger partial charge is 0.426 e. The van der Waals surface area contributed by atoms with Gasteiger partial charge in [0, 0.05) is 0 Å². The fraction of sp³-hybridized carbons (Fsp3) is 0.417. The number of rotatable bonds is 6. The Morgan fingerprint density at radius 2 is 1.41 bits per heavy atom. The van der Waals surface area contributed by atoms with Gasteiger partial charge in [-0.1, -0.05) is 6.58 Å². The molecule has 0 aliphatic rings. The van der Waals surface area contributed by atoms with Gasteiger partial charge in [0.15, 0.2) is 11.5 Å². The van der Waals surface area contributed by atoms with Crippen molar-refractivity contribution in [3.05, 3.63) is 24.0 Å². The highest BCUT2D eigenvalue weighted by Crippen LogP contribution is 2.30. The van der Waals surface area contributed by atoms with Crippen LogP contribution in [0.4, 0.5) is 39.5 Å². The van der Waals surface area contributed by atoms with Gasteiger partial charge in [-0.15, -0.1) is 0 Å². The van der Waals surface area contributed by atoms with Crippen LogP contribution in [0.2, 0.25) is 0 Å². The second kappa shape index (κ2) is 8.30. The largest absolute Gasteiger partial charge is 0.481 e. The fourth-order valence-electron chi connectivity index (χ4n) is 1.07. The highest BCUT2D eigenvalue weighted by Gasteiger charge is 2.47. The van der Waals surface area contributed by atoms with Crippen molar-refractivity contribution in [3.63, 3.8) is 0 Å². The first-order valence-corrected chi connectivity index (χ1v) is 6.10. The fourth-order valence-corrected chi connectivity index (χ4v) is 1.07. The molecular formula is C12H7F9O6. The zero-order valence-corrected chi connectivity index (χ0v) is 12.5. The number of hydrogen-bond donors (Lipinski definition) is 1. The van der Waals surface area contributed by atoms with Crippen molar-refractivity contribution < 1.29 is 68.5 Å². The van der Waals surface area contributed by atoms with Crippen LogP contribution in [0.3, 0.4) is 0 Å². The average Bonchev–Trinajstić information content (AvgIpc) is 2.42. The monoisotopic (exact) mass is 418 g/mol. The van der Waals surface area contributed by atoms with E-state index in [0.717, 1.165) is 0 Å². The van der Waals surface area contributed by atoms with E-state index in [-0.39, 0.29) is 0 Å². The first kappa shape index (κ1) is 24.3. The van der Waals surface area contributed by atoms with Crippen molar-refractivity contribution >= 4 is 17.9 Å². The number of halogens is 9. The quantitative estimate of drug-likeness (QED) is 0.309. The lowest BCUT2D eigenvalue weighted by Gasteiger charge is -2.17. The molecule has 0 saturated heterocycles. The minimum absolute atomic E-state index is 0.828. The highest BCUT2D eigenvalue weighted by molar-refractivity contribution is 5.92. The molecule has 154 valence electrons. The van der Waals surface area contributed by atoms with Gasteiger partial charge in [-0.25, -0.2) is 9.59 Å². The minimum Gasteiger partial charge on any atom is -0.481 e. The summed E-state index contributed by atoms with van der Waals surface area (Å²) in [6.45, 7) is 0.125. The normalized spacial score (nSPS) is 14.3. The molecule has 0 spiro atoms. The number of aliphatic carboxylic acids is 1. The molecule has 0 fully saturated rings. The second-order valence-corrected chi connectivity index (χ2v) is 4.44. The number of carboxylic acids is 1. The van der Waals surface area contributed by atoms with Crippen molar-refractivity contribution in [3.8, 4) is 0 Å². The van der Waals surface area contributed by atoms with Crippen LogP contribution >= 0.6 is 0 Å². The lowest BCUT2D eigenvalue weighted by Crippen LogP contribution is -2.36. The molecule has 0 aromatic carbocycles. The van der Waals surface area contributed by atoms with Crippen molar-refractivity contribution in [2.45, 2.75) is 18.5 Å². The van der Waals surface area contributed by atoms with E-state index < -0.39 is 66.4 Å². The number of carbonyl (C=O) groups is 3. The van der Waals surface area contributed by atoms with E-state index in [2.05, 4.69) is 16.1 Å². The van der Waals surface area contributed by atoms with Crippen molar-refractivity contribution in [2.24, 2.45) is 5.92 Å². The molecular weight excluding hydrogens is 411 g/mol. The van der Waals surface area contributed by atoms with Gasteiger partial charge in [-0.3, -0.25) is 4.79 Å². The Morgan fingerprint density at radius 1 is 0.926 bits per heavy atom. The third-order valence-electron chi connectivity index (χ3n) is 2.47. The second-order valence-electron chi connectivity index (χ2n) is 4.44. The summed E-state index contributed by atoms with van der Waals surface area (Å²) in [7, 11) is 0. The Morgan fingerprint density at radius 3 is 1.74 bits per heavy atom. The van der Waals surface area contributed by atoms with Crippen LogP contribution in [-0.2, 0) is 23.9 Å². The summed E-state index contributed by atoms with van der Waals surface area (Å²) < 4.78 is 118. The number of ether oxygens (including phenoxy) is 2. The molecule has 0 heterocycles. The molecule has 6 nitrogen and oxygen atoms in total. The Balaban J connectivity index is 5.38. The van der Waals surface area contributed by atoms with Gasteiger partial charge in [0.1, 0.15) is 18.4 Å². The lowest BCUT2D eigenvalue weighted by atomic mass is 10.1. The molecule has 0 aliphatic heterocycles. The third kappa shape index (κ3) is 7.57. The Kier molecular flexibility index (Phi) is 7.46. The minimum atomic E-state index is -5.73. The summed E-state index contributed by atoms with van der Waals surface area (Å²) in [5, 5.41) is 8.30. The molecule has 0 aromatic heterocycles. The number of alkyl halides is 9. The third-order valence-corrected chi connectivity index (χ3v) is 2.47. The van der Waals surface area contributed by atoms with Crippen molar-refractivity contribution in [1.82, 2.24) is 0 Å². The topological polar surface area (TPSA) is 89.9 Å². The zero-order chi connectivity index (χ0) is 21.8. The number of carboxylic acid groups (broad SMARTS) is 1. The Hall–Kier alpha value is -2.74. The first-order chi connectivity index (χ1) is 11.9. The maximum atomic E-state index is 12.6. The molecule has 0 radical (unpaired) electrons. The van der Waals surface area contributed by atoms with Gasteiger partial charge in [0.25, 0.3) is 0 Å². The molecule has 0 saturated carbocycles. The number of hydrogen-bond acceptors (Lipinski definition) is 5.